The highest BCUT2D eigenvalue weighted by Crippen LogP contribution is 2.62. The fourth-order valence-corrected chi connectivity index (χ4v) is 8.83. The highest BCUT2D eigenvalue weighted by atomic mass is 16.3. The number of fused-ring (bicyclic) bond motifs is 5. The van der Waals surface area contributed by atoms with Crippen LogP contribution in [0.1, 0.15) is 98.6 Å². The summed E-state index contributed by atoms with van der Waals surface area (Å²) in [5.74, 6) is 2.67. The molecule has 226 valence electrons. The fourth-order valence-electron chi connectivity index (χ4n) is 8.83. The van der Waals surface area contributed by atoms with E-state index in [4.69, 9.17) is 0 Å². The Hall–Kier alpha value is -2.86. The number of aromatic nitrogens is 3. The topological polar surface area (TPSA) is 69.2 Å². The molecule has 1 aliphatic heterocycles. The second-order valence-corrected chi connectivity index (χ2v) is 14.4. The lowest BCUT2D eigenvalue weighted by molar-refractivity contribution is 0.0840. The van der Waals surface area contributed by atoms with Gasteiger partial charge in [-0.1, -0.05) is 76.6 Å². The average Bonchev–Trinajstić information content (AvgIpc) is 3.46. The molecule has 2 saturated carbocycles. The summed E-state index contributed by atoms with van der Waals surface area (Å²) in [6.45, 7) is 13.9. The average molecular weight is 572 g/mol. The van der Waals surface area contributed by atoms with Crippen LogP contribution in [0, 0.1) is 35.0 Å². The van der Waals surface area contributed by atoms with Gasteiger partial charge in [0.15, 0.2) is 0 Å². The quantitative estimate of drug-likeness (QED) is 0.380. The van der Waals surface area contributed by atoms with Crippen LogP contribution in [0.2, 0.25) is 0 Å². The van der Waals surface area contributed by atoms with Gasteiger partial charge in [-0.15, -0.1) is 0 Å². The van der Waals surface area contributed by atoms with Crippen molar-refractivity contribution in [2.45, 2.75) is 105 Å². The first-order valence-corrected chi connectivity index (χ1v) is 16.3. The smallest absolute Gasteiger partial charge is 0.352 e. The number of aliphatic hydroxyl groups excluding tert-OH is 1. The molecular weight excluding hydrogens is 522 g/mol. The summed E-state index contributed by atoms with van der Waals surface area (Å²) in [6, 6.07) is 8.86. The van der Waals surface area contributed by atoms with Crippen molar-refractivity contribution in [1.29, 1.82) is 0 Å². The van der Waals surface area contributed by atoms with E-state index in [0.717, 1.165) is 37.7 Å². The van der Waals surface area contributed by atoms with Gasteiger partial charge >= 0.3 is 11.4 Å². The van der Waals surface area contributed by atoms with Gasteiger partial charge in [0.25, 0.3) is 0 Å². The lowest BCUT2D eigenvalue weighted by Gasteiger charge is -2.49. The number of benzene rings is 1. The molecular formula is C36H49N3O3. The molecule has 6 heteroatoms. The molecule has 6 nitrogen and oxygen atoms in total. The second kappa shape index (κ2) is 11.0. The Balaban J connectivity index is 1.45. The maximum absolute atomic E-state index is 14.2. The molecule has 3 aliphatic carbocycles. The number of aliphatic hydroxyl groups is 1. The van der Waals surface area contributed by atoms with Crippen molar-refractivity contribution < 1.29 is 5.11 Å². The first-order chi connectivity index (χ1) is 20.0. The SMILES string of the molecule is CC1=C(C2C=C3C(CC[C@@]4(C)C3CC[C@@H]4[C@H](C)/C=C/[C@H](C)C(C)C)n3c(=O)n(-c4ccccc4)c(=O)n32)CC(O)CC1. The molecule has 4 aliphatic rings. The Morgan fingerprint density at radius 3 is 2.38 bits per heavy atom. The van der Waals surface area contributed by atoms with E-state index in [2.05, 4.69) is 59.8 Å². The summed E-state index contributed by atoms with van der Waals surface area (Å²) < 4.78 is 4.89. The second-order valence-electron chi connectivity index (χ2n) is 14.4. The van der Waals surface area contributed by atoms with Gasteiger partial charge in [-0.2, -0.15) is 0 Å². The third-order valence-corrected chi connectivity index (χ3v) is 11.7. The van der Waals surface area contributed by atoms with Crippen LogP contribution >= 0.6 is 0 Å². The van der Waals surface area contributed by atoms with Crippen molar-refractivity contribution in [3.8, 4) is 5.69 Å². The van der Waals surface area contributed by atoms with Crippen LogP contribution in [-0.2, 0) is 0 Å². The number of nitrogens with zero attached hydrogens (tertiary/aromatic N) is 3. The third-order valence-electron chi connectivity index (χ3n) is 11.7. The number of hydrogen-bond acceptors (Lipinski definition) is 3. The lowest BCUT2D eigenvalue weighted by Crippen LogP contribution is -2.46. The minimum atomic E-state index is -0.416. The Morgan fingerprint density at radius 1 is 0.952 bits per heavy atom. The minimum absolute atomic E-state index is 0.107. The molecule has 0 amide bonds. The molecule has 0 radical (unpaired) electrons. The van der Waals surface area contributed by atoms with E-state index < -0.39 is 6.10 Å². The summed E-state index contributed by atoms with van der Waals surface area (Å²) in [6.07, 6.45) is 13.1. The number of allylic oxidation sites excluding steroid dienone is 5. The monoisotopic (exact) mass is 571 g/mol. The van der Waals surface area contributed by atoms with E-state index in [9.17, 15) is 14.7 Å². The van der Waals surface area contributed by atoms with E-state index in [1.165, 1.54) is 22.1 Å². The standard InChI is InChI=1S/C36H49N3O3/c1-22(2)23(3)12-13-25(5)30-16-17-31-29-21-33(28-20-27(40)15-14-24(28)4)39-35(42)37(26-10-8-7-9-11-26)34(41)38(39)32(29)18-19-36(30,31)6/h7-13,21-23,25,27,30-33,40H,14-20H2,1-6H3/b13-12+/t23-,25+,27?,30+,31?,32?,33?,36+/m0/s1. The Morgan fingerprint density at radius 2 is 1.67 bits per heavy atom. The maximum atomic E-state index is 14.2. The third kappa shape index (κ3) is 4.65. The highest BCUT2D eigenvalue weighted by Gasteiger charge is 2.55. The minimum Gasteiger partial charge on any atom is -0.393 e. The molecule has 8 atom stereocenters. The van der Waals surface area contributed by atoms with Crippen LogP contribution in [0.15, 0.2) is 74.9 Å². The van der Waals surface area contributed by atoms with Gasteiger partial charge in [0, 0.05) is 0 Å². The molecule has 2 heterocycles. The first kappa shape index (κ1) is 29.2. The molecule has 0 saturated heterocycles. The van der Waals surface area contributed by atoms with E-state index in [0.29, 0.717) is 41.7 Å². The van der Waals surface area contributed by atoms with Gasteiger partial charge in [-0.3, -0.25) is 0 Å². The molecule has 1 aromatic heterocycles. The van der Waals surface area contributed by atoms with Crippen LogP contribution in [-0.4, -0.2) is 25.1 Å². The van der Waals surface area contributed by atoms with Crippen molar-refractivity contribution in [3.05, 3.63) is 86.2 Å². The maximum Gasteiger partial charge on any atom is 0.352 e. The van der Waals surface area contributed by atoms with E-state index in [1.807, 2.05) is 30.3 Å². The van der Waals surface area contributed by atoms with Crippen LogP contribution in [0.3, 0.4) is 0 Å². The number of hydrogen-bond donors (Lipinski definition) is 1. The Bertz CT molecular complexity index is 1540. The zero-order valence-electron chi connectivity index (χ0n) is 26.3. The molecule has 1 aromatic carbocycles. The molecule has 4 unspecified atom stereocenters. The highest BCUT2D eigenvalue weighted by molar-refractivity contribution is 5.36. The summed E-state index contributed by atoms with van der Waals surface area (Å²) in [5, 5.41) is 10.7. The zero-order valence-corrected chi connectivity index (χ0v) is 26.3. The van der Waals surface area contributed by atoms with Crippen LogP contribution in [0.25, 0.3) is 5.69 Å². The fraction of sp³-hybridized carbons (Fsp3) is 0.611. The van der Waals surface area contributed by atoms with Gasteiger partial charge in [0.2, 0.25) is 0 Å². The van der Waals surface area contributed by atoms with Crippen molar-refractivity contribution in [2.75, 3.05) is 0 Å². The zero-order chi connectivity index (χ0) is 29.9. The van der Waals surface area contributed by atoms with Crippen LogP contribution in [0.4, 0.5) is 0 Å². The van der Waals surface area contributed by atoms with Crippen molar-refractivity contribution in [1.82, 2.24) is 13.9 Å². The summed E-state index contributed by atoms with van der Waals surface area (Å²) in [5.41, 5.74) is 3.90. The van der Waals surface area contributed by atoms with E-state index in [1.54, 1.807) is 9.36 Å². The predicted molar refractivity (Wildman–Crippen MR) is 169 cm³/mol. The number of rotatable bonds is 6. The van der Waals surface area contributed by atoms with E-state index in [-0.39, 0.29) is 28.9 Å². The van der Waals surface area contributed by atoms with Crippen LogP contribution in [0.5, 0.6) is 0 Å². The van der Waals surface area contributed by atoms with Gasteiger partial charge in [-0.05, 0) is 110 Å². The molecule has 42 heavy (non-hydrogen) atoms. The normalized spacial score (nSPS) is 32.5. The summed E-state index contributed by atoms with van der Waals surface area (Å²) in [4.78, 5) is 28.4. The van der Waals surface area contributed by atoms with Gasteiger partial charge < -0.3 is 5.11 Å². The lowest BCUT2D eigenvalue weighted by atomic mass is 9.59. The van der Waals surface area contributed by atoms with Gasteiger partial charge in [-0.25, -0.2) is 23.5 Å². The predicted octanol–water partition coefficient (Wildman–Crippen LogP) is 6.99. The Labute approximate surface area is 250 Å². The molecule has 0 bridgehead atoms. The molecule has 2 fully saturated rings. The molecule has 0 spiro atoms. The van der Waals surface area contributed by atoms with Crippen LogP contribution < -0.4 is 11.4 Å². The first-order valence-electron chi connectivity index (χ1n) is 16.3. The number of para-hydroxylation sites is 1. The van der Waals surface area contributed by atoms with Crippen molar-refractivity contribution in [2.24, 2.45) is 35.0 Å². The Kier molecular flexibility index (Phi) is 7.66. The van der Waals surface area contributed by atoms with Gasteiger partial charge in [0.05, 0.1) is 23.9 Å². The summed E-state index contributed by atoms with van der Waals surface area (Å²) >= 11 is 0. The van der Waals surface area contributed by atoms with E-state index >= 15 is 0 Å². The molecule has 1 N–H and O–H groups in total. The summed E-state index contributed by atoms with van der Waals surface area (Å²) in [7, 11) is 0. The van der Waals surface area contributed by atoms with Crippen molar-refractivity contribution >= 4 is 0 Å². The molecule has 2 aromatic rings. The van der Waals surface area contributed by atoms with Gasteiger partial charge in [0.1, 0.15) is 0 Å². The molecule has 6 rings (SSSR count). The van der Waals surface area contributed by atoms with Crippen molar-refractivity contribution in [3.63, 3.8) is 0 Å². The largest absolute Gasteiger partial charge is 0.393 e.